The van der Waals surface area contributed by atoms with Crippen molar-refractivity contribution in [2.24, 2.45) is 5.73 Å². The van der Waals surface area contributed by atoms with E-state index in [9.17, 15) is 4.79 Å². The van der Waals surface area contributed by atoms with Gasteiger partial charge in [0.25, 0.3) is 0 Å². The van der Waals surface area contributed by atoms with Crippen molar-refractivity contribution < 1.29 is 9.53 Å². The Kier molecular flexibility index (Phi) is 3.79. The summed E-state index contributed by atoms with van der Waals surface area (Å²) < 4.78 is 5.27. The lowest BCUT2D eigenvalue weighted by molar-refractivity contribution is -0.149. The number of benzene rings is 1. The summed E-state index contributed by atoms with van der Waals surface area (Å²) >= 11 is 0. The Bertz CT molecular complexity index is 369. The molecule has 0 bridgehead atoms. The van der Waals surface area contributed by atoms with E-state index in [0.717, 1.165) is 32.1 Å². The number of carbonyl (C=O) groups excluding carboxylic acids is 1. The average Bonchev–Trinajstić information content (AvgIpc) is 2.79. The van der Waals surface area contributed by atoms with Gasteiger partial charge >= 0.3 is 5.97 Å². The van der Waals surface area contributed by atoms with Gasteiger partial charge in [0.1, 0.15) is 5.54 Å². The molecule has 2 rings (SSSR count). The largest absolute Gasteiger partial charge is 0.464 e. The number of esters is 1. The number of hydrogen-bond donors (Lipinski definition) is 1. The normalized spacial score (nSPS) is 17.9. The maximum Gasteiger partial charge on any atom is 0.326 e. The maximum absolute atomic E-state index is 11.8. The Morgan fingerprint density at radius 3 is 2.53 bits per heavy atom. The van der Waals surface area contributed by atoms with Gasteiger partial charge in [-0.15, -0.1) is 0 Å². The second kappa shape index (κ2) is 5.32. The van der Waals surface area contributed by atoms with Gasteiger partial charge in [-0.2, -0.15) is 0 Å². The van der Waals surface area contributed by atoms with Crippen molar-refractivity contribution in [3.05, 3.63) is 35.9 Å². The molecule has 0 heterocycles. The zero-order valence-corrected chi connectivity index (χ0v) is 10.0. The Labute approximate surface area is 102 Å². The van der Waals surface area contributed by atoms with Crippen LogP contribution in [0.3, 0.4) is 0 Å². The molecular weight excluding hydrogens is 214 g/mol. The van der Waals surface area contributed by atoms with E-state index in [1.807, 2.05) is 30.3 Å². The Balaban J connectivity index is 1.77. The van der Waals surface area contributed by atoms with E-state index < -0.39 is 5.54 Å². The first-order valence-electron chi connectivity index (χ1n) is 6.21. The molecule has 0 atom stereocenters. The van der Waals surface area contributed by atoms with Crippen LogP contribution in [-0.2, 0) is 16.0 Å². The predicted octanol–water partition coefficient (Wildman–Crippen LogP) is 2.04. The number of nitrogens with two attached hydrogens (primary N) is 1. The summed E-state index contributed by atoms with van der Waals surface area (Å²) in [5.41, 5.74) is 6.47. The summed E-state index contributed by atoms with van der Waals surface area (Å²) in [5.74, 6) is -0.231. The first-order chi connectivity index (χ1) is 8.21. The summed E-state index contributed by atoms with van der Waals surface area (Å²) in [4.78, 5) is 11.8. The molecule has 0 spiro atoms. The maximum atomic E-state index is 11.8. The zero-order valence-electron chi connectivity index (χ0n) is 10.0. The topological polar surface area (TPSA) is 52.3 Å². The molecule has 1 aliphatic carbocycles. The van der Waals surface area contributed by atoms with Crippen LogP contribution >= 0.6 is 0 Å². The molecule has 0 aliphatic heterocycles. The SMILES string of the molecule is NC1(C(=O)OCCc2ccccc2)CCCC1. The van der Waals surface area contributed by atoms with Gasteiger partial charge in [0.15, 0.2) is 0 Å². The average molecular weight is 233 g/mol. The van der Waals surface area contributed by atoms with Crippen LogP contribution in [0.2, 0.25) is 0 Å². The van der Waals surface area contributed by atoms with Crippen molar-refractivity contribution >= 4 is 5.97 Å². The minimum absolute atomic E-state index is 0.231. The highest BCUT2D eigenvalue weighted by atomic mass is 16.5. The van der Waals surface area contributed by atoms with Crippen molar-refractivity contribution in [3.8, 4) is 0 Å². The standard InChI is InChI=1S/C14H19NO2/c15-14(9-4-5-10-14)13(16)17-11-8-12-6-2-1-3-7-12/h1-3,6-7H,4-5,8-11,15H2. The molecule has 92 valence electrons. The summed E-state index contributed by atoms with van der Waals surface area (Å²) in [6.45, 7) is 0.418. The fourth-order valence-corrected chi connectivity index (χ4v) is 2.26. The Morgan fingerprint density at radius 2 is 1.88 bits per heavy atom. The van der Waals surface area contributed by atoms with E-state index in [0.29, 0.717) is 6.61 Å². The monoisotopic (exact) mass is 233 g/mol. The van der Waals surface area contributed by atoms with Crippen LogP contribution in [0.4, 0.5) is 0 Å². The van der Waals surface area contributed by atoms with Crippen LogP contribution < -0.4 is 5.73 Å². The molecule has 1 fully saturated rings. The second-order valence-corrected chi connectivity index (χ2v) is 4.73. The molecule has 1 aliphatic rings. The molecule has 0 unspecified atom stereocenters. The fourth-order valence-electron chi connectivity index (χ4n) is 2.26. The highest BCUT2D eigenvalue weighted by molar-refractivity contribution is 5.80. The number of carbonyl (C=O) groups is 1. The lowest BCUT2D eigenvalue weighted by Gasteiger charge is -2.20. The first kappa shape index (κ1) is 12.1. The van der Waals surface area contributed by atoms with Crippen molar-refractivity contribution in [1.82, 2.24) is 0 Å². The van der Waals surface area contributed by atoms with Gasteiger partial charge in [0, 0.05) is 6.42 Å². The van der Waals surface area contributed by atoms with Crippen LogP contribution in [0.25, 0.3) is 0 Å². The lowest BCUT2D eigenvalue weighted by Crippen LogP contribution is -2.46. The minimum atomic E-state index is -0.712. The van der Waals surface area contributed by atoms with Crippen LogP contribution in [0, 0.1) is 0 Å². The highest BCUT2D eigenvalue weighted by Crippen LogP contribution is 2.28. The zero-order chi connectivity index (χ0) is 12.1. The number of rotatable bonds is 4. The molecule has 0 aromatic heterocycles. The smallest absolute Gasteiger partial charge is 0.326 e. The molecule has 0 saturated heterocycles. The Morgan fingerprint density at radius 1 is 1.24 bits per heavy atom. The summed E-state index contributed by atoms with van der Waals surface area (Å²) in [5, 5.41) is 0. The van der Waals surface area contributed by atoms with Gasteiger partial charge in [-0.1, -0.05) is 43.2 Å². The van der Waals surface area contributed by atoms with E-state index in [2.05, 4.69) is 0 Å². The Hall–Kier alpha value is -1.35. The van der Waals surface area contributed by atoms with Crippen molar-refractivity contribution in [1.29, 1.82) is 0 Å². The molecule has 3 nitrogen and oxygen atoms in total. The van der Waals surface area contributed by atoms with E-state index in [1.54, 1.807) is 0 Å². The third-order valence-electron chi connectivity index (χ3n) is 3.37. The van der Waals surface area contributed by atoms with E-state index >= 15 is 0 Å². The van der Waals surface area contributed by atoms with Gasteiger partial charge < -0.3 is 10.5 Å². The molecular formula is C14H19NO2. The van der Waals surface area contributed by atoms with Gasteiger partial charge in [-0.3, -0.25) is 4.79 Å². The van der Waals surface area contributed by atoms with Gasteiger partial charge in [-0.25, -0.2) is 0 Å². The molecule has 0 radical (unpaired) electrons. The fraction of sp³-hybridized carbons (Fsp3) is 0.500. The van der Waals surface area contributed by atoms with Gasteiger partial charge in [-0.05, 0) is 18.4 Å². The summed E-state index contributed by atoms with van der Waals surface area (Å²) in [6, 6.07) is 10.0. The van der Waals surface area contributed by atoms with Crippen LogP contribution in [-0.4, -0.2) is 18.1 Å². The molecule has 1 saturated carbocycles. The minimum Gasteiger partial charge on any atom is -0.464 e. The quantitative estimate of drug-likeness (QED) is 0.810. The molecule has 1 aromatic carbocycles. The lowest BCUT2D eigenvalue weighted by atomic mass is 10.00. The third kappa shape index (κ3) is 3.07. The number of ether oxygens (including phenoxy) is 1. The van der Waals surface area contributed by atoms with E-state index in [4.69, 9.17) is 10.5 Å². The third-order valence-corrected chi connectivity index (χ3v) is 3.37. The molecule has 0 amide bonds. The van der Waals surface area contributed by atoms with Crippen LogP contribution in [0.15, 0.2) is 30.3 Å². The van der Waals surface area contributed by atoms with Crippen LogP contribution in [0.5, 0.6) is 0 Å². The van der Waals surface area contributed by atoms with E-state index in [1.165, 1.54) is 5.56 Å². The van der Waals surface area contributed by atoms with Crippen molar-refractivity contribution in [3.63, 3.8) is 0 Å². The van der Waals surface area contributed by atoms with Crippen LogP contribution in [0.1, 0.15) is 31.2 Å². The van der Waals surface area contributed by atoms with E-state index in [-0.39, 0.29) is 5.97 Å². The van der Waals surface area contributed by atoms with Crippen molar-refractivity contribution in [2.45, 2.75) is 37.6 Å². The van der Waals surface area contributed by atoms with Gasteiger partial charge in [0.2, 0.25) is 0 Å². The summed E-state index contributed by atoms with van der Waals surface area (Å²) in [6.07, 6.45) is 4.34. The number of hydrogen-bond acceptors (Lipinski definition) is 3. The second-order valence-electron chi connectivity index (χ2n) is 4.73. The molecule has 2 N–H and O–H groups in total. The van der Waals surface area contributed by atoms with Gasteiger partial charge in [0.05, 0.1) is 6.61 Å². The summed E-state index contributed by atoms with van der Waals surface area (Å²) in [7, 11) is 0. The molecule has 3 heteroatoms. The predicted molar refractivity (Wildman–Crippen MR) is 66.5 cm³/mol. The highest BCUT2D eigenvalue weighted by Gasteiger charge is 2.38. The molecule has 17 heavy (non-hydrogen) atoms. The first-order valence-corrected chi connectivity index (χ1v) is 6.21. The van der Waals surface area contributed by atoms with Crippen molar-refractivity contribution in [2.75, 3.05) is 6.61 Å². The molecule has 1 aromatic rings.